The van der Waals surface area contributed by atoms with E-state index in [0.29, 0.717) is 0 Å². The number of nitrogens with zero attached hydrogens (tertiary/aromatic N) is 2. The molecular formula is C16H24N2. The first-order valence-electron chi connectivity index (χ1n) is 6.62. The quantitative estimate of drug-likeness (QED) is 0.713. The summed E-state index contributed by atoms with van der Waals surface area (Å²) in [6.45, 7) is 10.1. The zero-order valence-corrected chi connectivity index (χ0v) is 12.1. The van der Waals surface area contributed by atoms with Crippen LogP contribution in [0.2, 0.25) is 0 Å². The van der Waals surface area contributed by atoms with Gasteiger partial charge in [0.25, 0.3) is 0 Å². The minimum Gasteiger partial charge on any atom is -0.241 e. The molecule has 2 nitrogen and oxygen atoms in total. The van der Waals surface area contributed by atoms with Crippen LogP contribution in [-0.2, 0) is 0 Å². The third kappa shape index (κ3) is 6.14. The van der Waals surface area contributed by atoms with Gasteiger partial charge in [0.1, 0.15) is 5.82 Å². The maximum absolute atomic E-state index is 4.14. The topological polar surface area (TPSA) is 25.8 Å². The lowest BCUT2D eigenvalue weighted by molar-refractivity contribution is 1.06. The average Bonchev–Trinajstić information content (AvgIpc) is 2.44. The van der Waals surface area contributed by atoms with E-state index in [1.165, 1.54) is 6.42 Å². The van der Waals surface area contributed by atoms with Crippen molar-refractivity contribution in [3.63, 3.8) is 0 Å². The molecule has 0 unspecified atom stereocenters. The molecule has 0 radical (unpaired) electrons. The van der Waals surface area contributed by atoms with E-state index in [1.54, 1.807) is 0 Å². The predicted octanol–water partition coefficient (Wildman–Crippen LogP) is 4.89. The first kappa shape index (κ1) is 16.3. The molecule has 1 aromatic carbocycles. The van der Waals surface area contributed by atoms with Crippen molar-refractivity contribution in [2.24, 2.45) is 0 Å². The molecule has 0 bridgehead atoms. The van der Waals surface area contributed by atoms with Crippen molar-refractivity contribution in [1.82, 2.24) is 9.97 Å². The number of aromatic nitrogens is 2. The van der Waals surface area contributed by atoms with E-state index in [9.17, 15) is 0 Å². The van der Waals surface area contributed by atoms with Gasteiger partial charge < -0.3 is 0 Å². The summed E-state index contributed by atoms with van der Waals surface area (Å²) in [5, 5.41) is 0. The molecule has 0 amide bonds. The second-order valence-corrected chi connectivity index (χ2v) is 3.59. The molecule has 0 saturated carbocycles. The van der Waals surface area contributed by atoms with Gasteiger partial charge in [-0.15, -0.1) is 0 Å². The Bertz CT molecular complexity index is 393. The van der Waals surface area contributed by atoms with Crippen LogP contribution in [0.25, 0.3) is 11.1 Å². The minimum atomic E-state index is 0.805. The van der Waals surface area contributed by atoms with Crippen LogP contribution in [0.5, 0.6) is 0 Å². The van der Waals surface area contributed by atoms with Crippen molar-refractivity contribution < 1.29 is 0 Å². The molecule has 2 heteroatoms. The lowest BCUT2D eigenvalue weighted by atomic mass is 10.1. The van der Waals surface area contributed by atoms with Gasteiger partial charge in [0, 0.05) is 18.0 Å². The van der Waals surface area contributed by atoms with Gasteiger partial charge in [-0.1, -0.05) is 64.4 Å². The molecule has 2 aromatic rings. The first-order valence-corrected chi connectivity index (χ1v) is 6.62. The summed E-state index contributed by atoms with van der Waals surface area (Å²) in [7, 11) is 0. The first-order chi connectivity index (χ1) is 8.77. The fourth-order valence-electron chi connectivity index (χ4n) is 1.17. The van der Waals surface area contributed by atoms with Crippen LogP contribution in [0.1, 0.15) is 39.9 Å². The predicted molar refractivity (Wildman–Crippen MR) is 79.5 cm³/mol. The molecular weight excluding hydrogens is 220 g/mol. The van der Waals surface area contributed by atoms with E-state index in [0.717, 1.165) is 17.0 Å². The maximum atomic E-state index is 4.14. The van der Waals surface area contributed by atoms with Crippen LogP contribution in [0.4, 0.5) is 0 Å². The van der Waals surface area contributed by atoms with E-state index in [1.807, 2.05) is 63.5 Å². The summed E-state index contributed by atoms with van der Waals surface area (Å²) in [6.07, 6.45) is 4.94. The second kappa shape index (κ2) is 10.5. The molecule has 2 rings (SSSR count). The average molecular weight is 244 g/mol. The Morgan fingerprint density at radius 3 is 1.72 bits per heavy atom. The van der Waals surface area contributed by atoms with E-state index < -0.39 is 0 Å². The summed E-state index contributed by atoms with van der Waals surface area (Å²) in [6, 6.07) is 10.1. The molecule has 0 aliphatic carbocycles. The molecule has 0 aliphatic heterocycles. The Morgan fingerprint density at radius 1 is 0.833 bits per heavy atom. The van der Waals surface area contributed by atoms with Gasteiger partial charge in [-0.2, -0.15) is 0 Å². The Kier molecular flexibility index (Phi) is 9.47. The van der Waals surface area contributed by atoms with Crippen LogP contribution in [0.15, 0.2) is 42.7 Å². The monoisotopic (exact) mass is 244 g/mol. The van der Waals surface area contributed by atoms with Gasteiger partial charge in [0.15, 0.2) is 0 Å². The van der Waals surface area contributed by atoms with Crippen molar-refractivity contribution in [3.8, 4) is 11.1 Å². The highest BCUT2D eigenvalue weighted by Crippen LogP contribution is 2.15. The zero-order chi connectivity index (χ0) is 13.8. The standard InChI is InChI=1S/C11H10N2.C3H8.C2H6/c1-9-12-7-11(8-13-9)10-5-3-2-4-6-10;1-3-2;1-2/h2-8H,1H3;3H2,1-2H3;1-2H3. The smallest absolute Gasteiger partial charge is 0.125 e. The van der Waals surface area contributed by atoms with Crippen LogP contribution in [0, 0.1) is 6.92 Å². The summed E-state index contributed by atoms with van der Waals surface area (Å²) < 4.78 is 0. The zero-order valence-electron chi connectivity index (χ0n) is 12.1. The molecule has 0 fully saturated rings. The van der Waals surface area contributed by atoms with E-state index in [4.69, 9.17) is 0 Å². The van der Waals surface area contributed by atoms with E-state index in [2.05, 4.69) is 23.8 Å². The van der Waals surface area contributed by atoms with Gasteiger partial charge in [0.2, 0.25) is 0 Å². The van der Waals surface area contributed by atoms with Crippen molar-refractivity contribution in [2.45, 2.75) is 41.0 Å². The van der Waals surface area contributed by atoms with Crippen molar-refractivity contribution in [1.29, 1.82) is 0 Å². The molecule has 1 heterocycles. The molecule has 0 atom stereocenters. The minimum absolute atomic E-state index is 0.805. The summed E-state index contributed by atoms with van der Waals surface area (Å²) >= 11 is 0. The lowest BCUT2D eigenvalue weighted by Gasteiger charge is -1.99. The second-order valence-electron chi connectivity index (χ2n) is 3.59. The largest absolute Gasteiger partial charge is 0.241 e. The van der Waals surface area contributed by atoms with E-state index in [-0.39, 0.29) is 0 Å². The maximum Gasteiger partial charge on any atom is 0.125 e. The summed E-state index contributed by atoms with van der Waals surface area (Å²) in [5.74, 6) is 0.805. The highest BCUT2D eigenvalue weighted by Gasteiger charge is 1.95. The molecule has 0 spiro atoms. The van der Waals surface area contributed by atoms with Crippen LogP contribution in [0.3, 0.4) is 0 Å². The highest BCUT2D eigenvalue weighted by atomic mass is 14.8. The van der Waals surface area contributed by atoms with E-state index >= 15 is 0 Å². The third-order valence-corrected chi connectivity index (χ3v) is 1.89. The van der Waals surface area contributed by atoms with Crippen molar-refractivity contribution in [2.75, 3.05) is 0 Å². The Labute approximate surface area is 111 Å². The number of aryl methyl sites for hydroxylation is 1. The number of benzene rings is 1. The van der Waals surface area contributed by atoms with Crippen LogP contribution >= 0.6 is 0 Å². The number of rotatable bonds is 1. The molecule has 18 heavy (non-hydrogen) atoms. The molecule has 0 N–H and O–H groups in total. The number of hydrogen-bond donors (Lipinski definition) is 0. The molecule has 0 saturated heterocycles. The Morgan fingerprint density at radius 2 is 1.28 bits per heavy atom. The van der Waals surface area contributed by atoms with Crippen molar-refractivity contribution in [3.05, 3.63) is 48.5 Å². The van der Waals surface area contributed by atoms with Gasteiger partial charge in [-0.05, 0) is 12.5 Å². The summed E-state index contributed by atoms with van der Waals surface area (Å²) in [4.78, 5) is 8.29. The Hall–Kier alpha value is -1.70. The SMILES string of the molecule is CC.CCC.Cc1ncc(-c2ccccc2)cn1. The highest BCUT2D eigenvalue weighted by molar-refractivity contribution is 5.60. The van der Waals surface area contributed by atoms with Crippen LogP contribution in [-0.4, -0.2) is 9.97 Å². The van der Waals surface area contributed by atoms with Gasteiger partial charge >= 0.3 is 0 Å². The normalized spacial score (nSPS) is 8.50. The van der Waals surface area contributed by atoms with Crippen molar-refractivity contribution >= 4 is 0 Å². The fourth-order valence-corrected chi connectivity index (χ4v) is 1.17. The van der Waals surface area contributed by atoms with Crippen LogP contribution < -0.4 is 0 Å². The Balaban J connectivity index is 0.000000509. The summed E-state index contributed by atoms with van der Waals surface area (Å²) in [5.41, 5.74) is 2.22. The molecule has 0 aliphatic rings. The number of hydrogen-bond acceptors (Lipinski definition) is 2. The molecule has 98 valence electrons. The van der Waals surface area contributed by atoms with Gasteiger partial charge in [-0.25, -0.2) is 9.97 Å². The third-order valence-electron chi connectivity index (χ3n) is 1.89. The lowest BCUT2D eigenvalue weighted by Crippen LogP contribution is -1.86. The fraction of sp³-hybridized carbons (Fsp3) is 0.375. The molecule has 1 aromatic heterocycles. The van der Waals surface area contributed by atoms with Gasteiger partial charge in [-0.3, -0.25) is 0 Å². The van der Waals surface area contributed by atoms with Gasteiger partial charge in [0.05, 0.1) is 0 Å².